The Hall–Kier alpha value is -3.02. The Kier molecular flexibility index (Phi) is 9.58. The van der Waals surface area contributed by atoms with E-state index < -0.39 is 12.0 Å². The monoisotopic (exact) mass is 505 g/mol. The first-order chi connectivity index (χ1) is 16.9. The highest BCUT2D eigenvalue weighted by atomic mass is 32.2. The quantitative estimate of drug-likeness (QED) is 0.339. The molecule has 10 nitrogen and oxygen atoms in total. The third-order valence-electron chi connectivity index (χ3n) is 5.44. The van der Waals surface area contributed by atoms with Gasteiger partial charge in [0.25, 0.3) is 0 Å². The van der Waals surface area contributed by atoms with Gasteiger partial charge in [-0.05, 0) is 30.5 Å². The van der Waals surface area contributed by atoms with Crippen LogP contribution >= 0.6 is 11.8 Å². The van der Waals surface area contributed by atoms with Gasteiger partial charge in [0.1, 0.15) is 18.1 Å². The van der Waals surface area contributed by atoms with Gasteiger partial charge in [-0.25, -0.2) is 9.79 Å². The van der Waals surface area contributed by atoms with E-state index in [0.717, 1.165) is 0 Å². The third-order valence-corrected chi connectivity index (χ3v) is 6.33. The van der Waals surface area contributed by atoms with Gasteiger partial charge in [-0.1, -0.05) is 11.8 Å². The van der Waals surface area contributed by atoms with Crippen molar-refractivity contribution in [3.63, 3.8) is 0 Å². The average Bonchev–Trinajstić information content (AvgIpc) is 3.24. The Balaban J connectivity index is 2.04. The minimum atomic E-state index is -0.643. The molecule has 190 valence electrons. The summed E-state index contributed by atoms with van der Waals surface area (Å²) in [6.45, 7) is 2.96. The van der Waals surface area contributed by atoms with Crippen LogP contribution in [0.5, 0.6) is 11.5 Å². The molecule has 35 heavy (non-hydrogen) atoms. The predicted octanol–water partition coefficient (Wildman–Crippen LogP) is 2.62. The molecule has 1 N–H and O–H groups in total. The number of methoxy groups -OCH3 is 4. The molecule has 1 aromatic rings. The zero-order valence-corrected chi connectivity index (χ0v) is 21.4. The normalized spacial score (nSPS) is 16.9. The van der Waals surface area contributed by atoms with Crippen LogP contribution in [-0.2, 0) is 23.8 Å². The molecule has 11 heteroatoms. The lowest BCUT2D eigenvalue weighted by Crippen LogP contribution is -2.38. The van der Waals surface area contributed by atoms with Gasteiger partial charge in [0.2, 0.25) is 5.91 Å². The van der Waals surface area contributed by atoms with Gasteiger partial charge in [0.05, 0.1) is 51.2 Å². The summed E-state index contributed by atoms with van der Waals surface area (Å²) >= 11 is 1.40. The summed E-state index contributed by atoms with van der Waals surface area (Å²) in [4.78, 5) is 32.5. The SMILES string of the molecule is COCCNC(=O)CC1=CSC2=NC(C)=C(C(=O)OCCOC)C(c3cc(OC)ccc3OC)N12. The number of rotatable bonds is 12. The Morgan fingerprint density at radius 2 is 1.86 bits per heavy atom. The number of esters is 1. The van der Waals surface area contributed by atoms with Gasteiger partial charge < -0.3 is 33.9 Å². The molecule has 0 bridgehead atoms. The van der Waals surface area contributed by atoms with Crippen LogP contribution in [-0.4, -0.2) is 76.7 Å². The van der Waals surface area contributed by atoms with Gasteiger partial charge >= 0.3 is 5.97 Å². The molecular formula is C24H31N3O7S. The second-order valence-corrected chi connectivity index (χ2v) is 8.49. The van der Waals surface area contributed by atoms with E-state index in [2.05, 4.69) is 10.3 Å². The van der Waals surface area contributed by atoms with Crippen LogP contribution in [0.15, 0.2) is 45.6 Å². The highest BCUT2D eigenvalue weighted by molar-refractivity contribution is 8.16. The number of carbonyl (C=O) groups is 2. The Morgan fingerprint density at radius 1 is 1.09 bits per heavy atom. The molecule has 0 saturated carbocycles. The molecule has 3 rings (SSSR count). The molecule has 0 aliphatic carbocycles. The maximum Gasteiger partial charge on any atom is 0.338 e. The standard InChI is InChI=1S/C24H31N3O7S/c1-15-21(23(29)34-11-10-31-3)22(18-13-17(32-4)6-7-19(18)33-5)27-16(14-35-24(27)26-15)12-20(28)25-8-9-30-2/h6-7,13-14,22H,8-12H2,1-5H3,(H,25,28). The lowest BCUT2D eigenvalue weighted by atomic mass is 9.92. The Morgan fingerprint density at radius 3 is 2.54 bits per heavy atom. The lowest BCUT2D eigenvalue weighted by Gasteiger charge is -2.36. The molecule has 2 heterocycles. The fourth-order valence-electron chi connectivity index (χ4n) is 3.79. The van der Waals surface area contributed by atoms with E-state index in [1.807, 2.05) is 16.4 Å². The maximum atomic E-state index is 13.3. The number of thioether (sulfide) groups is 1. The minimum Gasteiger partial charge on any atom is -0.497 e. The molecule has 1 atom stereocenters. The summed E-state index contributed by atoms with van der Waals surface area (Å²) in [5.74, 6) is 0.483. The van der Waals surface area contributed by atoms with Crippen LogP contribution in [0.1, 0.15) is 24.9 Å². The van der Waals surface area contributed by atoms with Crippen LogP contribution < -0.4 is 14.8 Å². The zero-order valence-electron chi connectivity index (χ0n) is 20.6. The first kappa shape index (κ1) is 26.6. The Labute approximate surface area is 209 Å². The minimum absolute atomic E-state index is 0.101. The van der Waals surface area contributed by atoms with E-state index in [9.17, 15) is 9.59 Å². The number of amides is 1. The number of aliphatic imine (C=N–C) groups is 1. The van der Waals surface area contributed by atoms with Crippen molar-refractivity contribution in [1.29, 1.82) is 0 Å². The predicted molar refractivity (Wildman–Crippen MR) is 132 cm³/mol. The van der Waals surface area contributed by atoms with E-state index in [-0.39, 0.29) is 25.5 Å². The molecule has 0 fully saturated rings. The number of fused-ring (bicyclic) bond motifs is 1. The van der Waals surface area contributed by atoms with Gasteiger partial charge in [-0.2, -0.15) is 0 Å². The molecule has 0 radical (unpaired) electrons. The number of hydrogen-bond donors (Lipinski definition) is 1. The molecule has 1 aromatic carbocycles. The number of allylic oxidation sites excluding steroid dienone is 1. The summed E-state index contributed by atoms with van der Waals surface area (Å²) in [5, 5.41) is 5.37. The second-order valence-electron chi connectivity index (χ2n) is 7.65. The number of carbonyl (C=O) groups excluding carboxylic acids is 2. The van der Waals surface area contributed by atoms with Crippen LogP contribution in [0.4, 0.5) is 0 Å². The number of benzene rings is 1. The van der Waals surface area contributed by atoms with Crippen LogP contribution in [0.3, 0.4) is 0 Å². The van der Waals surface area contributed by atoms with Crippen LogP contribution in [0.2, 0.25) is 0 Å². The smallest absolute Gasteiger partial charge is 0.338 e. The van der Waals surface area contributed by atoms with Gasteiger partial charge in [0.15, 0.2) is 5.17 Å². The van der Waals surface area contributed by atoms with E-state index in [1.54, 1.807) is 40.4 Å². The first-order valence-corrected chi connectivity index (χ1v) is 11.9. The van der Waals surface area contributed by atoms with Crippen molar-refractivity contribution >= 4 is 28.8 Å². The number of nitrogens with one attached hydrogen (secondary N) is 1. The largest absolute Gasteiger partial charge is 0.497 e. The molecular weight excluding hydrogens is 474 g/mol. The number of hydrogen-bond acceptors (Lipinski definition) is 10. The number of ether oxygens (including phenoxy) is 5. The van der Waals surface area contributed by atoms with Gasteiger partial charge in [-0.15, -0.1) is 0 Å². The third kappa shape index (κ3) is 6.16. The molecule has 0 saturated heterocycles. The van der Waals surface area contributed by atoms with Crippen molar-refractivity contribution in [2.75, 3.05) is 54.8 Å². The average molecular weight is 506 g/mol. The van der Waals surface area contributed by atoms with Crippen molar-refractivity contribution in [3.8, 4) is 11.5 Å². The van der Waals surface area contributed by atoms with Crippen molar-refractivity contribution in [1.82, 2.24) is 10.2 Å². The van der Waals surface area contributed by atoms with E-state index in [4.69, 9.17) is 23.7 Å². The van der Waals surface area contributed by atoms with Crippen molar-refractivity contribution in [2.45, 2.75) is 19.4 Å². The second kappa shape index (κ2) is 12.6. The fourth-order valence-corrected chi connectivity index (χ4v) is 4.76. The lowest BCUT2D eigenvalue weighted by molar-refractivity contribution is -0.141. The van der Waals surface area contributed by atoms with Crippen molar-refractivity contribution in [2.24, 2.45) is 4.99 Å². The van der Waals surface area contributed by atoms with E-state index in [0.29, 0.717) is 52.3 Å². The van der Waals surface area contributed by atoms with Crippen molar-refractivity contribution < 1.29 is 33.3 Å². The fraction of sp³-hybridized carbons (Fsp3) is 0.458. The highest BCUT2D eigenvalue weighted by Crippen LogP contribution is 2.47. The van der Waals surface area contributed by atoms with E-state index >= 15 is 0 Å². The zero-order chi connectivity index (χ0) is 25.4. The molecule has 2 aliphatic rings. The van der Waals surface area contributed by atoms with Crippen molar-refractivity contribution in [3.05, 3.63) is 46.1 Å². The molecule has 0 spiro atoms. The summed E-state index contributed by atoms with van der Waals surface area (Å²) in [5.41, 5.74) is 2.27. The highest BCUT2D eigenvalue weighted by Gasteiger charge is 2.42. The molecule has 2 aliphatic heterocycles. The molecule has 1 unspecified atom stereocenters. The van der Waals surface area contributed by atoms with Crippen LogP contribution in [0, 0.1) is 0 Å². The molecule has 1 amide bonds. The summed E-state index contributed by atoms with van der Waals surface area (Å²) < 4.78 is 26.6. The molecule has 0 aromatic heterocycles. The van der Waals surface area contributed by atoms with E-state index in [1.165, 1.54) is 18.9 Å². The summed E-state index contributed by atoms with van der Waals surface area (Å²) in [6.07, 6.45) is 0.101. The summed E-state index contributed by atoms with van der Waals surface area (Å²) in [6, 6.07) is 4.75. The van der Waals surface area contributed by atoms with Gasteiger partial charge in [-0.3, -0.25) is 4.79 Å². The van der Waals surface area contributed by atoms with Gasteiger partial charge in [0, 0.05) is 32.0 Å². The first-order valence-electron chi connectivity index (χ1n) is 11.0. The van der Waals surface area contributed by atoms with Crippen LogP contribution in [0.25, 0.3) is 0 Å². The number of amidine groups is 1. The maximum absolute atomic E-state index is 13.3. The topological polar surface area (TPSA) is 108 Å². The Bertz CT molecular complexity index is 1040. The summed E-state index contributed by atoms with van der Waals surface area (Å²) in [7, 11) is 6.25. The number of nitrogens with zero attached hydrogens (tertiary/aromatic N) is 2.